The first-order valence-electron chi connectivity index (χ1n) is 9.56. The molecule has 0 amide bonds. The fraction of sp³-hybridized carbons (Fsp3) is 0.167. The number of allylic oxidation sites excluding steroid dienone is 1. The van der Waals surface area contributed by atoms with Crippen LogP contribution in [-0.2, 0) is 22.2 Å². The van der Waals surface area contributed by atoms with Gasteiger partial charge >= 0.3 is 0 Å². The van der Waals surface area contributed by atoms with Crippen molar-refractivity contribution in [1.29, 1.82) is 0 Å². The summed E-state index contributed by atoms with van der Waals surface area (Å²) in [6.07, 6.45) is 2.23. The smallest absolute Gasteiger partial charge is 0.213 e. The van der Waals surface area contributed by atoms with E-state index in [-0.39, 0.29) is 11.9 Å². The van der Waals surface area contributed by atoms with E-state index in [1.54, 1.807) is 13.2 Å². The van der Waals surface area contributed by atoms with E-state index >= 15 is 0 Å². The lowest BCUT2D eigenvalue weighted by molar-refractivity contribution is 0.242. The summed E-state index contributed by atoms with van der Waals surface area (Å²) in [4.78, 5) is 0. The van der Waals surface area contributed by atoms with Crippen LogP contribution in [0.25, 0.3) is 11.1 Å². The Morgan fingerprint density at radius 1 is 1.10 bits per heavy atom. The van der Waals surface area contributed by atoms with Gasteiger partial charge in [0.05, 0.1) is 18.4 Å². The zero-order valence-electron chi connectivity index (χ0n) is 16.7. The Balaban J connectivity index is 1.90. The van der Waals surface area contributed by atoms with E-state index in [1.165, 1.54) is 0 Å². The summed E-state index contributed by atoms with van der Waals surface area (Å²) in [5.74, 6) is 1.19. The molecular formula is C24H23NO4S. The lowest BCUT2D eigenvalue weighted by atomic mass is 9.87. The molecule has 0 aromatic heterocycles. The van der Waals surface area contributed by atoms with E-state index in [2.05, 4.69) is 12.6 Å². The molecule has 5 nitrogen and oxygen atoms in total. The second kappa shape index (κ2) is 7.97. The van der Waals surface area contributed by atoms with Gasteiger partial charge in [0.15, 0.2) is 0 Å². The summed E-state index contributed by atoms with van der Waals surface area (Å²) >= 11 is 0. The first-order chi connectivity index (χ1) is 14.4. The summed E-state index contributed by atoms with van der Waals surface area (Å²) < 4.78 is 35.3. The molecule has 6 heteroatoms. The average Bonchev–Trinajstić information content (AvgIpc) is 2.71. The summed E-state index contributed by atoms with van der Waals surface area (Å²) in [5, 5.41) is 5.28. The molecule has 4 rings (SSSR count). The lowest BCUT2D eigenvalue weighted by Crippen LogP contribution is -2.18. The quantitative estimate of drug-likeness (QED) is 0.600. The Kier molecular flexibility index (Phi) is 5.37. The van der Waals surface area contributed by atoms with E-state index in [1.807, 2.05) is 54.6 Å². The van der Waals surface area contributed by atoms with Crippen LogP contribution in [0.1, 0.15) is 28.4 Å². The maximum atomic E-state index is 11.7. The van der Waals surface area contributed by atoms with Crippen LogP contribution >= 0.6 is 0 Å². The molecule has 1 aliphatic rings. The van der Waals surface area contributed by atoms with Crippen LogP contribution in [0.5, 0.6) is 11.5 Å². The van der Waals surface area contributed by atoms with Crippen molar-refractivity contribution in [1.82, 2.24) is 0 Å². The second-order valence-corrected chi connectivity index (χ2v) is 8.91. The fourth-order valence-electron chi connectivity index (χ4n) is 3.91. The number of ether oxygens (including phenoxy) is 2. The van der Waals surface area contributed by atoms with Crippen LogP contribution in [0, 0.1) is 0 Å². The summed E-state index contributed by atoms with van der Waals surface area (Å²) in [7, 11) is -2.03. The van der Waals surface area contributed by atoms with Crippen LogP contribution in [-0.4, -0.2) is 15.5 Å². The van der Waals surface area contributed by atoms with Gasteiger partial charge in [-0.3, -0.25) is 0 Å². The fourth-order valence-corrected chi connectivity index (χ4v) is 4.56. The predicted octanol–water partition coefficient (Wildman–Crippen LogP) is 4.36. The van der Waals surface area contributed by atoms with Gasteiger partial charge in [0.25, 0.3) is 0 Å². The molecule has 0 aliphatic carbocycles. The van der Waals surface area contributed by atoms with E-state index in [9.17, 15) is 8.42 Å². The summed E-state index contributed by atoms with van der Waals surface area (Å²) in [5.41, 5.74) is 5.41. The van der Waals surface area contributed by atoms with Crippen LogP contribution in [0.2, 0.25) is 0 Å². The maximum Gasteiger partial charge on any atom is 0.213 e. The van der Waals surface area contributed by atoms with Gasteiger partial charge < -0.3 is 9.47 Å². The monoisotopic (exact) mass is 421 g/mol. The SMILES string of the molecule is C=CCc1cccc(C2Oc3cccc(OC)c3-c3ccc(CS(N)(=O)=O)cc32)c1. The highest BCUT2D eigenvalue weighted by molar-refractivity contribution is 7.88. The van der Waals surface area contributed by atoms with Crippen molar-refractivity contribution in [2.24, 2.45) is 5.14 Å². The number of primary sulfonamides is 1. The normalized spacial score (nSPS) is 14.9. The molecule has 0 fully saturated rings. The van der Waals surface area contributed by atoms with Crippen molar-refractivity contribution in [2.75, 3.05) is 7.11 Å². The van der Waals surface area contributed by atoms with Crippen LogP contribution in [0.3, 0.4) is 0 Å². The molecule has 0 spiro atoms. The standard InChI is InChI=1S/C24H23NO4S/c1-3-6-16-7-4-8-18(13-16)24-20-14-17(15-30(25,26)27)11-12-19(20)23-21(28-2)9-5-10-22(23)29-24/h3-5,7-14,24H,1,6,15H2,2H3,(H2,25,26,27). The third kappa shape index (κ3) is 3.97. The predicted molar refractivity (Wildman–Crippen MR) is 118 cm³/mol. The van der Waals surface area contributed by atoms with E-state index in [0.29, 0.717) is 11.3 Å². The van der Waals surface area contributed by atoms with Gasteiger partial charge in [-0.2, -0.15) is 0 Å². The minimum Gasteiger partial charge on any atom is -0.496 e. The third-order valence-electron chi connectivity index (χ3n) is 5.12. The van der Waals surface area contributed by atoms with Crippen molar-refractivity contribution in [3.05, 3.63) is 95.6 Å². The first kappa shape index (κ1) is 20.2. The number of hydrogen-bond acceptors (Lipinski definition) is 4. The molecule has 1 unspecified atom stereocenters. The number of hydrogen-bond donors (Lipinski definition) is 1. The molecule has 1 heterocycles. The number of benzene rings is 3. The largest absolute Gasteiger partial charge is 0.496 e. The van der Waals surface area contributed by atoms with Crippen molar-refractivity contribution < 1.29 is 17.9 Å². The molecule has 0 bridgehead atoms. The molecule has 1 aliphatic heterocycles. The second-order valence-electron chi connectivity index (χ2n) is 7.30. The maximum absolute atomic E-state index is 11.7. The Morgan fingerprint density at radius 3 is 2.63 bits per heavy atom. The Labute approximate surface area is 176 Å². The van der Waals surface area contributed by atoms with Gasteiger partial charge in [0.1, 0.15) is 17.6 Å². The molecule has 2 N–H and O–H groups in total. The van der Waals surface area contributed by atoms with Gasteiger partial charge in [0.2, 0.25) is 10.0 Å². The Morgan fingerprint density at radius 2 is 1.90 bits per heavy atom. The highest BCUT2D eigenvalue weighted by Crippen LogP contribution is 2.49. The van der Waals surface area contributed by atoms with Gasteiger partial charge in [-0.1, -0.05) is 54.6 Å². The van der Waals surface area contributed by atoms with E-state index in [4.69, 9.17) is 14.6 Å². The third-order valence-corrected chi connectivity index (χ3v) is 5.86. The molecule has 154 valence electrons. The van der Waals surface area contributed by atoms with Crippen molar-refractivity contribution in [2.45, 2.75) is 18.3 Å². The zero-order chi connectivity index (χ0) is 21.3. The topological polar surface area (TPSA) is 78.6 Å². The van der Waals surface area contributed by atoms with Gasteiger partial charge in [-0.25, -0.2) is 13.6 Å². The number of methoxy groups -OCH3 is 1. The number of sulfonamides is 1. The van der Waals surface area contributed by atoms with E-state index < -0.39 is 10.0 Å². The van der Waals surface area contributed by atoms with E-state index in [0.717, 1.165) is 40.0 Å². The molecule has 30 heavy (non-hydrogen) atoms. The zero-order valence-corrected chi connectivity index (χ0v) is 17.5. The minimum absolute atomic E-state index is 0.234. The molecule has 3 aromatic rings. The molecule has 0 saturated heterocycles. The van der Waals surface area contributed by atoms with Crippen molar-refractivity contribution >= 4 is 10.0 Å². The van der Waals surface area contributed by atoms with Crippen LogP contribution < -0.4 is 14.6 Å². The summed E-state index contributed by atoms with van der Waals surface area (Å²) in [6.45, 7) is 3.81. The molecule has 0 radical (unpaired) electrons. The van der Waals surface area contributed by atoms with Gasteiger partial charge in [0, 0.05) is 5.56 Å². The summed E-state index contributed by atoms with van der Waals surface area (Å²) in [6, 6.07) is 19.4. The molecule has 1 atom stereocenters. The molecule has 0 saturated carbocycles. The van der Waals surface area contributed by atoms with Crippen LogP contribution in [0.15, 0.2) is 73.3 Å². The number of rotatable bonds is 6. The highest BCUT2D eigenvalue weighted by atomic mass is 32.2. The lowest BCUT2D eigenvalue weighted by Gasteiger charge is -2.30. The first-order valence-corrected chi connectivity index (χ1v) is 11.3. The average molecular weight is 422 g/mol. The van der Waals surface area contributed by atoms with Crippen molar-refractivity contribution in [3.63, 3.8) is 0 Å². The molecule has 3 aromatic carbocycles. The number of fused-ring (bicyclic) bond motifs is 3. The Bertz CT molecular complexity index is 1220. The minimum atomic E-state index is -3.65. The van der Waals surface area contributed by atoms with Gasteiger partial charge in [-0.05, 0) is 40.8 Å². The Hall–Kier alpha value is -3.09. The molecular weight excluding hydrogens is 398 g/mol. The highest BCUT2D eigenvalue weighted by Gasteiger charge is 2.30. The van der Waals surface area contributed by atoms with Crippen molar-refractivity contribution in [3.8, 4) is 22.6 Å². The van der Waals surface area contributed by atoms with Gasteiger partial charge in [-0.15, -0.1) is 6.58 Å². The van der Waals surface area contributed by atoms with Crippen LogP contribution in [0.4, 0.5) is 0 Å². The number of nitrogens with two attached hydrogens (primary N) is 1.